The monoisotopic (exact) mass is 274 g/mol. The second-order valence-corrected chi connectivity index (χ2v) is 5.64. The lowest BCUT2D eigenvalue weighted by Crippen LogP contribution is -2.74. The molecule has 0 radical (unpaired) electrons. The van der Waals surface area contributed by atoms with Gasteiger partial charge in [0.15, 0.2) is 5.54 Å². The Balaban J connectivity index is 2.50. The van der Waals surface area contributed by atoms with E-state index in [1.54, 1.807) is 27.9 Å². The predicted octanol–water partition coefficient (Wildman–Crippen LogP) is 0.297. The Morgan fingerprint density at radius 2 is 1.95 bits per heavy atom. The van der Waals surface area contributed by atoms with Gasteiger partial charge in [-0.25, -0.2) is 4.79 Å². The van der Waals surface area contributed by atoms with Crippen LogP contribution in [-0.4, -0.2) is 66.6 Å². The molecule has 0 aromatic carbocycles. The van der Waals surface area contributed by atoms with E-state index in [4.69, 9.17) is 9.47 Å². The first-order valence-corrected chi connectivity index (χ1v) is 6.15. The number of likely N-dealkylation sites (tertiary alicyclic amines) is 1. The molecule has 0 saturated carbocycles. The first-order valence-electron chi connectivity index (χ1n) is 6.15. The molecule has 1 rings (SSSR count). The smallest absolute Gasteiger partial charge is 0.410 e. The van der Waals surface area contributed by atoms with Gasteiger partial charge in [0.1, 0.15) is 5.60 Å². The molecule has 0 unspecified atom stereocenters. The summed E-state index contributed by atoms with van der Waals surface area (Å²) in [6.45, 7) is 6.35. The lowest BCUT2D eigenvalue weighted by atomic mass is 9.90. The second kappa shape index (κ2) is 5.75. The summed E-state index contributed by atoms with van der Waals surface area (Å²) in [7, 11) is 1.54. The van der Waals surface area contributed by atoms with Gasteiger partial charge >= 0.3 is 12.1 Å². The number of carboxylic acid groups (broad SMARTS) is 1. The zero-order valence-corrected chi connectivity index (χ0v) is 11.9. The van der Waals surface area contributed by atoms with E-state index in [0.717, 1.165) is 0 Å². The van der Waals surface area contributed by atoms with Crippen molar-refractivity contribution in [3.05, 3.63) is 0 Å². The fourth-order valence-electron chi connectivity index (χ4n) is 1.78. The van der Waals surface area contributed by atoms with Crippen LogP contribution in [0.15, 0.2) is 0 Å². The van der Waals surface area contributed by atoms with Crippen molar-refractivity contribution < 1.29 is 24.2 Å². The summed E-state index contributed by atoms with van der Waals surface area (Å²) in [5, 5.41) is 12.1. The van der Waals surface area contributed by atoms with Crippen LogP contribution in [0.25, 0.3) is 0 Å². The van der Waals surface area contributed by atoms with Crippen LogP contribution in [0.4, 0.5) is 4.79 Å². The Hall–Kier alpha value is -1.34. The number of carbonyl (C=O) groups is 2. The van der Waals surface area contributed by atoms with E-state index >= 15 is 0 Å². The zero-order valence-electron chi connectivity index (χ0n) is 11.9. The summed E-state index contributed by atoms with van der Waals surface area (Å²) >= 11 is 0. The molecule has 1 aliphatic heterocycles. The van der Waals surface area contributed by atoms with Crippen LogP contribution < -0.4 is 5.32 Å². The van der Waals surface area contributed by atoms with Gasteiger partial charge in [-0.3, -0.25) is 10.1 Å². The summed E-state index contributed by atoms with van der Waals surface area (Å²) < 4.78 is 10.0. The van der Waals surface area contributed by atoms with Crippen LogP contribution in [-0.2, 0) is 14.3 Å². The van der Waals surface area contributed by atoms with Gasteiger partial charge in [0.25, 0.3) is 0 Å². The number of ether oxygens (including phenoxy) is 2. The van der Waals surface area contributed by atoms with Crippen LogP contribution in [0, 0.1) is 0 Å². The lowest BCUT2D eigenvalue weighted by Gasteiger charge is -2.47. The van der Waals surface area contributed by atoms with E-state index in [1.807, 2.05) is 0 Å². The van der Waals surface area contributed by atoms with Crippen molar-refractivity contribution in [3.63, 3.8) is 0 Å². The number of rotatable bonds is 5. The number of nitrogens with one attached hydrogen (secondary N) is 1. The summed E-state index contributed by atoms with van der Waals surface area (Å²) in [4.78, 5) is 24.4. The Morgan fingerprint density at radius 1 is 1.37 bits per heavy atom. The van der Waals surface area contributed by atoms with Crippen molar-refractivity contribution in [2.24, 2.45) is 0 Å². The molecule has 110 valence electrons. The summed E-state index contributed by atoms with van der Waals surface area (Å²) in [6.07, 6.45) is -0.488. The average molecular weight is 274 g/mol. The highest BCUT2D eigenvalue weighted by Crippen LogP contribution is 2.23. The topological polar surface area (TPSA) is 88.1 Å². The van der Waals surface area contributed by atoms with Crippen molar-refractivity contribution in [1.29, 1.82) is 0 Å². The number of methoxy groups -OCH3 is 1. The molecule has 0 aromatic heterocycles. The van der Waals surface area contributed by atoms with Gasteiger partial charge in [-0.1, -0.05) is 0 Å². The fourth-order valence-corrected chi connectivity index (χ4v) is 1.78. The minimum absolute atomic E-state index is 0.0982. The molecule has 1 heterocycles. The highest BCUT2D eigenvalue weighted by molar-refractivity contribution is 5.84. The van der Waals surface area contributed by atoms with Crippen LogP contribution in [0.2, 0.25) is 0 Å². The molecule has 0 atom stereocenters. The third-order valence-electron chi connectivity index (χ3n) is 2.75. The molecule has 2 N–H and O–H groups in total. The number of carbonyl (C=O) groups excluding carboxylic acids is 1. The maximum absolute atomic E-state index is 11.7. The average Bonchev–Trinajstić information content (AvgIpc) is 2.18. The van der Waals surface area contributed by atoms with Crippen molar-refractivity contribution in [1.82, 2.24) is 10.2 Å². The van der Waals surface area contributed by atoms with E-state index in [9.17, 15) is 14.7 Å². The standard InChI is InChI=1S/C12H22N2O5/c1-11(2,3)19-10(17)14-7-12(8-14,9(15)16)13-5-6-18-4/h13H,5-8H2,1-4H3,(H,15,16). The first kappa shape index (κ1) is 15.7. The van der Waals surface area contributed by atoms with Gasteiger partial charge in [0, 0.05) is 13.7 Å². The number of aliphatic carboxylic acids is 1. The van der Waals surface area contributed by atoms with E-state index < -0.39 is 23.2 Å². The van der Waals surface area contributed by atoms with E-state index in [0.29, 0.717) is 13.2 Å². The highest BCUT2D eigenvalue weighted by atomic mass is 16.6. The molecule has 1 saturated heterocycles. The molecule has 0 aromatic rings. The number of hydrogen-bond acceptors (Lipinski definition) is 5. The minimum Gasteiger partial charge on any atom is -0.480 e. The quantitative estimate of drug-likeness (QED) is 0.701. The molecule has 0 bridgehead atoms. The molecule has 1 amide bonds. The molecule has 19 heavy (non-hydrogen) atoms. The molecule has 1 fully saturated rings. The maximum Gasteiger partial charge on any atom is 0.410 e. The number of hydrogen-bond donors (Lipinski definition) is 2. The number of carboxylic acids is 1. The molecule has 0 spiro atoms. The fraction of sp³-hybridized carbons (Fsp3) is 0.833. The van der Waals surface area contributed by atoms with Crippen LogP contribution in [0.3, 0.4) is 0 Å². The van der Waals surface area contributed by atoms with Gasteiger partial charge in [0.05, 0.1) is 19.7 Å². The Kier molecular flexibility index (Phi) is 4.75. The first-order chi connectivity index (χ1) is 8.70. The second-order valence-electron chi connectivity index (χ2n) is 5.64. The van der Waals surface area contributed by atoms with Gasteiger partial charge in [-0.2, -0.15) is 0 Å². The minimum atomic E-state index is -1.09. The van der Waals surface area contributed by atoms with Crippen molar-refractivity contribution in [2.45, 2.75) is 31.9 Å². The number of nitrogens with zero attached hydrogens (tertiary/aromatic N) is 1. The zero-order chi connectivity index (χ0) is 14.7. The van der Waals surface area contributed by atoms with E-state index in [-0.39, 0.29) is 13.1 Å². The molecular formula is C12H22N2O5. The normalized spacial score (nSPS) is 17.8. The SMILES string of the molecule is COCCNC1(C(=O)O)CN(C(=O)OC(C)(C)C)C1. The highest BCUT2D eigenvalue weighted by Gasteiger charge is 2.52. The van der Waals surface area contributed by atoms with Crippen LogP contribution >= 0.6 is 0 Å². The summed E-state index contributed by atoms with van der Waals surface area (Å²) in [6, 6.07) is 0. The largest absolute Gasteiger partial charge is 0.480 e. The number of amides is 1. The molecule has 0 aliphatic carbocycles. The van der Waals surface area contributed by atoms with Crippen molar-refractivity contribution >= 4 is 12.1 Å². The predicted molar refractivity (Wildman–Crippen MR) is 68.1 cm³/mol. The van der Waals surface area contributed by atoms with Gasteiger partial charge in [-0.05, 0) is 20.8 Å². The molecule has 1 aliphatic rings. The van der Waals surface area contributed by atoms with Gasteiger partial charge in [0.2, 0.25) is 0 Å². The maximum atomic E-state index is 11.7. The van der Waals surface area contributed by atoms with E-state index in [1.165, 1.54) is 4.90 Å². The van der Waals surface area contributed by atoms with Gasteiger partial charge in [-0.15, -0.1) is 0 Å². The molecule has 7 nitrogen and oxygen atoms in total. The van der Waals surface area contributed by atoms with Gasteiger partial charge < -0.3 is 19.5 Å². The summed E-state index contributed by atoms with van der Waals surface area (Å²) in [5.74, 6) is -0.969. The third-order valence-corrected chi connectivity index (χ3v) is 2.75. The molecular weight excluding hydrogens is 252 g/mol. The van der Waals surface area contributed by atoms with E-state index in [2.05, 4.69) is 5.32 Å². The third kappa shape index (κ3) is 4.07. The van der Waals surface area contributed by atoms with Crippen LogP contribution in [0.1, 0.15) is 20.8 Å². The van der Waals surface area contributed by atoms with Crippen LogP contribution in [0.5, 0.6) is 0 Å². The Bertz CT molecular complexity index is 345. The Labute approximate surface area is 112 Å². The summed E-state index contributed by atoms with van der Waals surface area (Å²) in [5.41, 5.74) is -1.67. The molecule has 7 heteroatoms. The van der Waals surface area contributed by atoms with Crippen molar-refractivity contribution in [2.75, 3.05) is 33.4 Å². The Morgan fingerprint density at radius 3 is 2.37 bits per heavy atom. The van der Waals surface area contributed by atoms with Crippen molar-refractivity contribution in [3.8, 4) is 0 Å². The lowest BCUT2D eigenvalue weighted by molar-refractivity contribution is -0.152.